The molecule has 6 N–H and O–H groups in total. The highest BCUT2D eigenvalue weighted by Crippen LogP contribution is 2.25. The summed E-state index contributed by atoms with van der Waals surface area (Å²) in [6.45, 7) is 0. The van der Waals surface area contributed by atoms with Crippen molar-refractivity contribution in [3.8, 4) is 23.0 Å². The third-order valence-electron chi connectivity index (χ3n) is 3.71. The Hall–Kier alpha value is -4.20. The van der Waals surface area contributed by atoms with Crippen LogP contribution in [0.1, 0.15) is 20.7 Å². The summed E-state index contributed by atoms with van der Waals surface area (Å²) in [5.41, 5.74) is 0.726. The molecule has 3 aromatic rings. The Morgan fingerprint density at radius 1 is 0.571 bits per heavy atom. The summed E-state index contributed by atoms with van der Waals surface area (Å²) in [4.78, 5) is 24.8. The number of hydrogen-bond donors (Lipinski definition) is 6. The molecule has 0 saturated carbocycles. The third kappa shape index (κ3) is 4.50. The van der Waals surface area contributed by atoms with E-state index < -0.39 is 11.8 Å². The first kappa shape index (κ1) is 18.6. The van der Waals surface area contributed by atoms with Gasteiger partial charge < -0.3 is 31.1 Å². The quantitative estimate of drug-likeness (QED) is 0.411. The van der Waals surface area contributed by atoms with Crippen molar-refractivity contribution >= 4 is 23.2 Å². The summed E-state index contributed by atoms with van der Waals surface area (Å²) in [6, 6.07) is 13.2. The number of aromatic hydroxyl groups is 4. The van der Waals surface area contributed by atoms with Crippen LogP contribution in [0.3, 0.4) is 0 Å². The minimum Gasteiger partial charge on any atom is -0.508 e. The van der Waals surface area contributed by atoms with E-state index in [2.05, 4.69) is 10.6 Å². The lowest BCUT2D eigenvalue weighted by Gasteiger charge is -2.09. The van der Waals surface area contributed by atoms with Crippen LogP contribution in [0.15, 0.2) is 60.7 Å². The van der Waals surface area contributed by atoms with E-state index in [1.165, 1.54) is 48.5 Å². The maximum Gasteiger partial charge on any atom is 0.255 e. The second-order valence-electron chi connectivity index (χ2n) is 5.97. The van der Waals surface area contributed by atoms with Gasteiger partial charge in [-0.1, -0.05) is 6.07 Å². The highest BCUT2D eigenvalue weighted by Gasteiger charge is 2.12. The molecule has 0 heterocycles. The van der Waals surface area contributed by atoms with Gasteiger partial charge in [-0.05, 0) is 18.2 Å². The van der Waals surface area contributed by atoms with Crippen molar-refractivity contribution in [2.24, 2.45) is 0 Å². The summed E-state index contributed by atoms with van der Waals surface area (Å²) in [7, 11) is 0. The molecule has 0 fully saturated rings. The molecule has 3 aromatic carbocycles. The molecule has 0 aromatic heterocycles. The number of carbonyl (C=O) groups is 2. The standard InChI is InChI=1S/C20H16N2O6/c23-15-5-13(6-16(24)9-15)21-19(27)11-2-1-3-12(4-11)20(28)22-14-7-17(25)10-18(26)8-14/h1-10,23-26H,(H,21,27)(H,22,28). The van der Waals surface area contributed by atoms with E-state index in [1.807, 2.05) is 0 Å². The molecule has 0 aliphatic rings. The molecule has 0 radical (unpaired) electrons. The lowest BCUT2D eigenvalue weighted by atomic mass is 10.1. The fourth-order valence-corrected chi connectivity index (χ4v) is 2.54. The molecule has 0 saturated heterocycles. The Kier molecular flexibility index (Phi) is 5.03. The monoisotopic (exact) mass is 380 g/mol. The number of carbonyl (C=O) groups excluding carboxylic acids is 2. The van der Waals surface area contributed by atoms with Gasteiger partial charge in [0.1, 0.15) is 23.0 Å². The highest BCUT2D eigenvalue weighted by molar-refractivity contribution is 6.08. The van der Waals surface area contributed by atoms with Crippen molar-refractivity contribution in [1.82, 2.24) is 0 Å². The van der Waals surface area contributed by atoms with E-state index in [0.717, 1.165) is 12.1 Å². The zero-order valence-corrected chi connectivity index (χ0v) is 14.4. The number of benzene rings is 3. The van der Waals surface area contributed by atoms with Crippen LogP contribution in [-0.2, 0) is 0 Å². The largest absolute Gasteiger partial charge is 0.508 e. The van der Waals surface area contributed by atoms with Crippen LogP contribution in [0.25, 0.3) is 0 Å². The van der Waals surface area contributed by atoms with Gasteiger partial charge in [0.15, 0.2) is 0 Å². The zero-order valence-electron chi connectivity index (χ0n) is 14.4. The minimum absolute atomic E-state index is 0.175. The summed E-state index contributed by atoms with van der Waals surface area (Å²) < 4.78 is 0. The van der Waals surface area contributed by atoms with Gasteiger partial charge in [0.05, 0.1) is 0 Å². The molecule has 0 spiro atoms. The topological polar surface area (TPSA) is 139 Å². The molecule has 0 aliphatic heterocycles. The molecular weight excluding hydrogens is 364 g/mol. The van der Waals surface area contributed by atoms with Gasteiger partial charge in [0, 0.05) is 58.9 Å². The van der Waals surface area contributed by atoms with Crippen LogP contribution in [0.4, 0.5) is 11.4 Å². The number of rotatable bonds is 4. The van der Waals surface area contributed by atoms with Crippen molar-refractivity contribution in [3.63, 3.8) is 0 Å². The van der Waals surface area contributed by atoms with Gasteiger partial charge in [0.2, 0.25) is 0 Å². The predicted molar refractivity (Wildman–Crippen MR) is 102 cm³/mol. The van der Waals surface area contributed by atoms with E-state index in [0.29, 0.717) is 0 Å². The number of hydrogen-bond acceptors (Lipinski definition) is 6. The van der Waals surface area contributed by atoms with Gasteiger partial charge in [-0.3, -0.25) is 9.59 Å². The van der Waals surface area contributed by atoms with Crippen LogP contribution in [0, 0.1) is 0 Å². The van der Waals surface area contributed by atoms with Gasteiger partial charge in [0.25, 0.3) is 11.8 Å². The minimum atomic E-state index is -0.547. The maximum absolute atomic E-state index is 12.4. The molecule has 0 atom stereocenters. The third-order valence-corrected chi connectivity index (χ3v) is 3.71. The van der Waals surface area contributed by atoms with Crippen molar-refractivity contribution in [1.29, 1.82) is 0 Å². The first-order valence-electron chi connectivity index (χ1n) is 8.09. The molecule has 142 valence electrons. The van der Waals surface area contributed by atoms with E-state index in [-0.39, 0.29) is 45.5 Å². The van der Waals surface area contributed by atoms with Crippen molar-refractivity contribution in [2.45, 2.75) is 0 Å². The number of amides is 2. The van der Waals surface area contributed by atoms with Gasteiger partial charge in [-0.15, -0.1) is 0 Å². The molecule has 2 amide bonds. The first-order valence-corrected chi connectivity index (χ1v) is 8.09. The normalized spacial score (nSPS) is 10.3. The molecule has 8 heteroatoms. The lowest BCUT2D eigenvalue weighted by Crippen LogP contribution is -2.15. The second kappa shape index (κ2) is 7.58. The van der Waals surface area contributed by atoms with E-state index in [4.69, 9.17) is 0 Å². The molecule has 28 heavy (non-hydrogen) atoms. The van der Waals surface area contributed by atoms with Crippen molar-refractivity contribution in [3.05, 3.63) is 71.8 Å². The van der Waals surface area contributed by atoms with Crippen LogP contribution >= 0.6 is 0 Å². The molecule has 0 aliphatic carbocycles. The average molecular weight is 380 g/mol. The maximum atomic E-state index is 12.4. The van der Waals surface area contributed by atoms with Crippen LogP contribution < -0.4 is 10.6 Å². The van der Waals surface area contributed by atoms with Crippen molar-refractivity contribution in [2.75, 3.05) is 10.6 Å². The number of phenols is 4. The Morgan fingerprint density at radius 3 is 1.29 bits per heavy atom. The van der Waals surface area contributed by atoms with Gasteiger partial charge in [-0.25, -0.2) is 0 Å². The zero-order chi connectivity index (χ0) is 20.3. The molecule has 0 unspecified atom stereocenters. The van der Waals surface area contributed by atoms with Gasteiger partial charge >= 0.3 is 0 Å². The lowest BCUT2D eigenvalue weighted by molar-refractivity contribution is 0.102. The molecular formula is C20H16N2O6. The SMILES string of the molecule is O=C(Nc1cc(O)cc(O)c1)c1cccc(C(=O)Nc2cc(O)cc(O)c2)c1. The van der Waals surface area contributed by atoms with E-state index >= 15 is 0 Å². The Bertz CT molecular complexity index is 943. The van der Waals surface area contributed by atoms with Gasteiger partial charge in [-0.2, -0.15) is 0 Å². The smallest absolute Gasteiger partial charge is 0.255 e. The second-order valence-corrected chi connectivity index (χ2v) is 5.97. The van der Waals surface area contributed by atoms with Crippen LogP contribution in [0.2, 0.25) is 0 Å². The summed E-state index contributed by atoms with van der Waals surface area (Å²) in [5, 5.41) is 42.9. The fraction of sp³-hybridized carbons (Fsp3) is 0. The van der Waals surface area contributed by atoms with Crippen molar-refractivity contribution < 1.29 is 30.0 Å². The highest BCUT2D eigenvalue weighted by atomic mass is 16.3. The van der Waals surface area contributed by atoms with E-state index in [1.54, 1.807) is 0 Å². The molecule has 3 rings (SSSR count). The van der Waals surface area contributed by atoms with E-state index in [9.17, 15) is 30.0 Å². The van der Waals surface area contributed by atoms with Crippen LogP contribution in [0.5, 0.6) is 23.0 Å². The Labute approximate surface area is 159 Å². The summed E-state index contributed by atoms with van der Waals surface area (Å²) in [5.74, 6) is -1.93. The Balaban J connectivity index is 1.77. The average Bonchev–Trinajstić information content (AvgIpc) is 2.60. The summed E-state index contributed by atoms with van der Waals surface area (Å²) in [6.07, 6.45) is 0. The molecule has 8 nitrogen and oxygen atoms in total. The number of anilines is 2. The van der Waals surface area contributed by atoms with Crippen LogP contribution in [-0.4, -0.2) is 32.2 Å². The predicted octanol–water partition coefficient (Wildman–Crippen LogP) is 3.01. The number of phenolic OH excluding ortho intramolecular Hbond substituents is 4. The fourth-order valence-electron chi connectivity index (χ4n) is 2.54. The summed E-state index contributed by atoms with van der Waals surface area (Å²) >= 11 is 0. The molecule has 0 bridgehead atoms. The number of nitrogens with one attached hydrogen (secondary N) is 2. The first-order chi connectivity index (χ1) is 13.3. The Morgan fingerprint density at radius 2 is 0.929 bits per heavy atom.